The molecule has 0 spiro atoms. The number of hydrogen-bond donors (Lipinski definition) is 2. The minimum Gasteiger partial charge on any atom is -0.357 e. The van der Waals surface area contributed by atoms with Crippen LogP contribution in [0, 0.1) is 17.6 Å². The monoisotopic (exact) mass is 423 g/mol. The lowest BCUT2D eigenvalue weighted by Gasteiger charge is -2.11. The Bertz CT molecular complexity index is 490. The Balaban J connectivity index is 0.00000242. The van der Waals surface area contributed by atoms with Gasteiger partial charge in [0.25, 0.3) is 0 Å². The van der Waals surface area contributed by atoms with Crippen molar-refractivity contribution in [2.24, 2.45) is 10.9 Å². The van der Waals surface area contributed by atoms with Crippen molar-refractivity contribution in [1.29, 1.82) is 0 Å². The topological polar surface area (TPSA) is 36.4 Å². The predicted molar refractivity (Wildman–Crippen MR) is 96.8 cm³/mol. The Morgan fingerprint density at radius 3 is 2.73 bits per heavy atom. The van der Waals surface area contributed by atoms with Gasteiger partial charge in [-0.3, -0.25) is 4.99 Å². The van der Waals surface area contributed by atoms with Crippen molar-refractivity contribution in [1.82, 2.24) is 10.6 Å². The third-order valence-electron chi connectivity index (χ3n) is 3.54. The van der Waals surface area contributed by atoms with E-state index in [1.165, 1.54) is 25.0 Å². The van der Waals surface area contributed by atoms with Gasteiger partial charge in [-0.1, -0.05) is 12.8 Å². The molecule has 0 amide bonds. The van der Waals surface area contributed by atoms with Crippen molar-refractivity contribution in [3.63, 3.8) is 0 Å². The van der Waals surface area contributed by atoms with Crippen LogP contribution < -0.4 is 10.6 Å². The van der Waals surface area contributed by atoms with Crippen LogP contribution in [0.15, 0.2) is 23.2 Å². The molecule has 0 aliphatic heterocycles. The van der Waals surface area contributed by atoms with Crippen LogP contribution in [0.3, 0.4) is 0 Å². The zero-order chi connectivity index (χ0) is 15.1. The Kier molecular flexibility index (Phi) is 8.67. The highest BCUT2D eigenvalue weighted by molar-refractivity contribution is 14.0. The standard InChI is InChI=1S/C16H23F2N3.HI/c1-2-19-16(20-9-7-12-3-4-12)21-10-8-13-11-14(17)5-6-15(13)18;/h5-6,11-12H,2-4,7-10H2,1H3,(H2,19,20,21);1H. The highest BCUT2D eigenvalue weighted by Crippen LogP contribution is 2.32. The van der Waals surface area contributed by atoms with E-state index in [9.17, 15) is 8.78 Å². The maximum atomic E-state index is 13.5. The Labute approximate surface area is 148 Å². The van der Waals surface area contributed by atoms with Gasteiger partial charge in [-0.05, 0) is 49.4 Å². The second kappa shape index (κ2) is 9.97. The average molecular weight is 423 g/mol. The first-order valence-electron chi connectivity index (χ1n) is 7.65. The first-order valence-corrected chi connectivity index (χ1v) is 7.65. The van der Waals surface area contributed by atoms with Gasteiger partial charge < -0.3 is 10.6 Å². The number of benzene rings is 1. The van der Waals surface area contributed by atoms with E-state index in [-0.39, 0.29) is 29.8 Å². The quantitative estimate of drug-likeness (QED) is 0.400. The molecule has 0 atom stereocenters. The number of nitrogens with zero attached hydrogens (tertiary/aromatic N) is 1. The van der Waals surface area contributed by atoms with Crippen LogP contribution in [-0.2, 0) is 6.42 Å². The fourth-order valence-corrected chi connectivity index (χ4v) is 2.16. The van der Waals surface area contributed by atoms with Crippen LogP contribution >= 0.6 is 24.0 Å². The SMILES string of the molecule is CCNC(=NCCC1CC1)NCCc1cc(F)ccc1F.I. The van der Waals surface area contributed by atoms with Crippen molar-refractivity contribution in [2.75, 3.05) is 19.6 Å². The third-order valence-corrected chi connectivity index (χ3v) is 3.54. The fourth-order valence-electron chi connectivity index (χ4n) is 2.16. The molecule has 1 aliphatic carbocycles. The normalized spacial score (nSPS) is 14.4. The van der Waals surface area contributed by atoms with E-state index in [1.54, 1.807) is 0 Å². The molecule has 1 aromatic rings. The van der Waals surface area contributed by atoms with Gasteiger partial charge in [0, 0.05) is 19.6 Å². The zero-order valence-corrected chi connectivity index (χ0v) is 15.2. The third kappa shape index (κ3) is 6.89. The van der Waals surface area contributed by atoms with E-state index in [1.807, 2.05) is 6.92 Å². The average Bonchev–Trinajstić information content (AvgIpc) is 3.27. The summed E-state index contributed by atoms with van der Waals surface area (Å²) in [6.07, 6.45) is 4.22. The second-order valence-corrected chi connectivity index (χ2v) is 5.41. The molecule has 2 N–H and O–H groups in total. The van der Waals surface area contributed by atoms with E-state index in [0.717, 1.165) is 37.5 Å². The first-order chi connectivity index (χ1) is 10.2. The summed E-state index contributed by atoms with van der Waals surface area (Å²) in [6, 6.07) is 3.55. The summed E-state index contributed by atoms with van der Waals surface area (Å²) in [5, 5.41) is 6.32. The molecule has 1 saturated carbocycles. The van der Waals surface area contributed by atoms with Crippen LogP contribution in [0.5, 0.6) is 0 Å². The van der Waals surface area contributed by atoms with Gasteiger partial charge in [0.15, 0.2) is 5.96 Å². The number of nitrogens with one attached hydrogen (secondary N) is 2. The highest BCUT2D eigenvalue weighted by Gasteiger charge is 2.20. The molecule has 0 heterocycles. The lowest BCUT2D eigenvalue weighted by molar-refractivity contribution is 0.583. The van der Waals surface area contributed by atoms with E-state index in [2.05, 4.69) is 15.6 Å². The van der Waals surface area contributed by atoms with Crippen LogP contribution in [0.2, 0.25) is 0 Å². The summed E-state index contributed by atoms with van der Waals surface area (Å²) in [6.45, 7) is 4.12. The van der Waals surface area contributed by atoms with Gasteiger partial charge in [-0.2, -0.15) is 0 Å². The summed E-state index contributed by atoms with van der Waals surface area (Å²) in [5.41, 5.74) is 0.385. The minimum atomic E-state index is -0.406. The van der Waals surface area contributed by atoms with Crippen LogP contribution in [0.1, 0.15) is 31.7 Å². The lowest BCUT2D eigenvalue weighted by atomic mass is 10.1. The summed E-state index contributed by atoms with van der Waals surface area (Å²) < 4.78 is 26.6. The Morgan fingerprint density at radius 1 is 1.27 bits per heavy atom. The Hall–Kier alpha value is -0.920. The first kappa shape index (κ1) is 19.1. The fraction of sp³-hybridized carbons (Fsp3) is 0.562. The highest BCUT2D eigenvalue weighted by atomic mass is 127. The van der Waals surface area contributed by atoms with Gasteiger partial charge in [-0.15, -0.1) is 24.0 Å². The Morgan fingerprint density at radius 2 is 2.05 bits per heavy atom. The number of rotatable bonds is 7. The van der Waals surface area contributed by atoms with Gasteiger partial charge in [0.1, 0.15) is 11.6 Å². The van der Waals surface area contributed by atoms with E-state index in [4.69, 9.17) is 0 Å². The van der Waals surface area contributed by atoms with Crippen LogP contribution in [0.4, 0.5) is 8.78 Å². The molecule has 1 fully saturated rings. The van der Waals surface area contributed by atoms with Crippen molar-refractivity contribution >= 4 is 29.9 Å². The molecule has 6 heteroatoms. The van der Waals surface area contributed by atoms with Gasteiger partial charge in [0.05, 0.1) is 0 Å². The molecule has 0 aromatic heterocycles. The van der Waals surface area contributed by atoms with E-state index in [0.29, 0.717) is 18.5 Å². The molecule has 22 heavy (non-hydrogen) atoms. The lowest BCUT2D eigenvalue weighted by Crippen LogP contribution is -2.38. The van der Waals surface area contributed by atoms with Crippen molar-refractivity contribution in [3.05, 3.63) is 35.4 Å². The molecule has 2 rings (SSSR count). The van der Waals surface area contributed by atoms with Gasteiger partial charge in [0.2, 0.25) is 0 Å². The summed E-state index contributed by atoms with van der Waals surface area (Å²) in [7, 11) is 0. The van der Waals surface area contributed by atoms with Crippen molar-refractivity contribution < 1.29 is 8.78 Å². The number of halogens is 3. The molecule has 1 aliphatic rings. The maximum Gasteiger partial charge on any atom is 0.191 e. The molecule has 0 saturated heterocycles. The minimum absolute atomic E-state index is 0. The number of hydrogen-bond acceptors (Lipinski definition) is 1. The molecule has 0 radical (unpaired) electrons. The van der Waals surface area contributed by atoms with E-state index < -0.39 is 5.82 Å². The predicted octanol–water partition coefficient (Wildman–Crippen LogP) is 3.48. The van der Waals surface area contributed by atoms with Crippen molar-refractivity contribution in [3.8, 4) is 0 Å². The van der Waals surface area contributed by atoms with Gasteiger partial charge >= 0.3 is 0 Å². The molecule has 0 bridgehead atoms. The molecular formula is C16H24F2IN3. The molecule has 1 aromatic carbocycles. The molecule has 3 nitrogen and oxygen atoms in total. The number of guanidine groups is 1. The van der Waals surface area contributed by atoms with Gasteiger partial charge in [-0.25, -0.2) is 8.78 Å². The van der Waals surface area contributed by atoms with Crippen LogP contribution in [0.25, 0.3) is 0 Å². The summed E-state index contributed by atoms with van der Waals surface area (Å²) >= 11 is 0. The summed E-state index contributed by atoms with van der Waals surface area (Å²) in [4.78, 5) is 4.49. The van der Waals surface area contributed by atoms with E-state index >= 15 is 0 Å². The summed E-state index contributed by atoms with van der Waals surface area (Å²) in [5.74, 6) is 0.832. The molecular weight excluding hydrogens is 399 g/mol. The van der Waals surface area contributed by atoms with Crippen molar-refractivity contribution in [2.45, 2.75) is 32.6 Å². The largest absolute Gasteiger partial charge is 0.357 e. The smallest absolute Gasteiger partial charge is 0.191 e. The second-order valence-electron chi connectivity index (χ2n) is 5.41. The molecule has 124 valence electrons. The van der Waals surface area contributed by atoms with Crippen LogP contribution in [-0.4, -0.2) is 25.6 Å². The maximum absolute atomic E-state index is 13.5. The zero-order valence-electron chi connectivity index (χ0n) is 12.9. The molecule has 0 unspecified atom stereocenters. The number of aliphatic imine (C=N–C) groups is 1.